The number of hydrogen-bond acceptors (Lipinski definition) is 6. The first-order chi connectivity index (χ1) is 13.6. The fourth-order valence-electron chi connectivity index (χ4n) is 2.55. The van der Waals surface area contributed by atoms with E-state index in [1.165, 1.54) is 17.7 Å². The third-order valence-electron chi connectivity index (χ3n) is 3.87. The van der Waals surface area contributed by atoms with Crippen LogP contribution >= 0.6 is 34.5 Å². The first-order valence-electron chi connectivity index (χ1n) is 8.11. The van der Waals surface area contributed by atoms with Crippen molar-refractivity contribution in [1.29, 1.82) is 0 Å². The summed E-state index contributed by atoms with van der Waals surface area (Å²) >= 11 is 13.5. The molecule has 0 bridgehead atoms. The zero-order valence-corrected chi connectivity index (χ0v) is 16.5. The molecule has 28 heavy (non-hydrogen) atoms. The molecular weight excluding hydrogens is 419 g/mol. The average molecular weight is 431 g/mol. The number of carbonyl (C=O) groups excluding carboxylic acids is 1. The quantitative estimate of drug-likeness (QED) is 0.510. The second-order valence-corrected chi connectivity index (χ2v) is 7.51. The number of hydrogen-bond donors (Lipinski definition) is 1. The lowest BCUT2D eigenvalue weighted by molar-refractivity contribution is -0.115. The molecule has 0 saturated carbocycles. The summed E-state index contributed by atoms with van der Waals surface area (Å²) in [5, 5.41) is 17.3. The molecule has 2 aromatic carbocycles. The second kappa shape index (κ2) is 8.05. The summed E-state index contributed by atoms with van der Waals surface area (Å²) in [5.41, 5.74) is 3.14. The Morgan fingerprint density at radius 2 is 1.96 bits per heavy atom. The summed E-state index contributed by atoms with van der Waals surface area (Å²) in [7, 11) is 0. The smallest absolute Gasteiger partial charge is 0.230 e. The summed E-state index contributed by atoms with van der Waals surface area (Å²) in [5.74, 6) is -0.154. The SMILES string of the molecule is O=C(Cc1ccc(-n2cnnn2)cc1)Nc1nc(-c2ccc(Cl)cc2Cl)cs1. The minimum Gasteiger partial charge on any atom is -0.302 e. The van der Waals surface area contributed by atoms with Gasteiger partial charge in [-0.2, -0.15) is 0 Å². The van der Waals surface area contributed by atoms with Crippen molar-refractivity contribution >= 4 is 45.6 Å². The van der Waals surface area contributed by atoms with Crippen molar-refractivity contribution in [3.8, 4) is 16.9 Å². The third kappa shape index (κ3) is 4.19. The zero-order chi connectivity index (χ0) is 19.5. The molecular formula is C18H12Cl2N6OS. The van der Waals surface area contributed by atoms with E-state index in [9.17, 15) is 4.79 Å². The molecule has 0 aliphatic heterocycles. The Labute approximate surface area is 173 Å². The van der Waals surface area contributed by atoms with Gasteiger partial charge < -0.3 is 5.32 Å². The predicted molar refractivity (Wildman–Crippen MR) is 109 cm³/mol. The van der Waals surface area contributed by atoms with E-state index in [1.54, 1.807) is 22.9 Å². The minimum absolute atomic E-state index is 0.154. The van der Waals surface area contributed by atoms with E-state index < -0.39 is 0 Å². The summed E-state index contributed by atoms with van der Waals surface area (Å²) < 4.78 is 1.54. The molecule has 4 aromatic rings. The van der Waals surface area contributed by atoms with E-state index in [1.807, 2.05) is 29.6 Å². The van der Waals surface area contributed by atoms with Crippen LogP contribution in [0.4, 0.5) is 5.13 Å². The van der Waals surface area contributed by atoms with Crippen LogP contribution in [0.2, 0.25) is 10.0 Å². The molecule has 10 heteroatoms. The number of tetrazole rings is 1. The van der Waals surface area contributed by atoms with Gasteiger partial charge in [0.05, 0.1) is 22.8 Å². The van der Waals surface area contributed by atoms with Crippen LogP contribution in [0.25, 0.3) is 16.9 Å². The molecule has 2 heterocycles. The predicted octanol–water partition coefficient (Wildman–Crippen LogP) is 4.27. The van der Waals surface area contributed by atoms with E-state index in [4.69, 9.17) is 23.2 Å². The Bertz CT molecular complexity index is 1110. The number of anilines is 1. The van der Waals surface area contributed by atoms with Crippen LogP contribution in [0, 0.1) is 0 Å². The average Bonchev–Trinajstić information content (AvgIpc) is 3.34. The molecule has 2 aromatic heterocycles. The van der Waals surface area contributed by atoms with Crippen LogP contribution in [0.3, 0.4) is 0 Å². The molecule has 4 rings (SSSR count). The van der Waals surface area contributed by atoms with Gasteiger partial charge in [-0.05, 0) is 46.3 Å². The highest BCUT2D eigenvalue weighted by Crippen LogP contribution is 2.32. The molecule has 0 atom stereocenters. The van der Waals surface area contributed by atoms with Crippen LogP contribution in [0.1, 0.15) is 5.56 Å². The highest BCUT2D eigenvalue weighted by atomic mass is 35.5. The first-order valence-corrected chi connectivity index (χ1v) is 9.75. The van der Waals surface area contributed by atoms with Crippen molar-refractivity contribution in [3.05, 3.63) is 69.8 Å². The van der Waals surface area contributed by atoms with Crippen LogP contribution in [0.5, 0.6) is 0 Å². The molecule has 0 radical (unpaired) electrons. The normalized spacial score (nSPS) is 10.8. The van der Waals surface area contributed by atoms with Crippen molar-refractivity contribution in [2.45, 2.75) is 6.42 Å². The lowest BCUT2D eigenvalue weighted by atomic mass is 10.1. The highest BCUT2D eigenvalue weighted by Gasteiger charge is 2.11. The number of halogens is 2. The first kappa shape index (κ1) is 18.5. The Kier molecular flexibility index (Phi) is 5.34. The van der Waals surface area contributed by atoms with Gasteiger partial charge in [0, 0.05) is 16.0 Å². The molecule has 7 nitrogen and oxygen atoms in total. The van der Waals surface area contributed by atoms with Gasteiger partial charge in [-0.25, -0.2) is 9.67 Å². The number of thiazole rings is 1. The molecule has 0 spiro atoms. The highest BCUT2D eigenvalue weighted by molar-refractivity contribution is 7.14. The molecule has 0 aliphatic carbocycles. The van der Waals surface area contributed by atoms with E-state index in [2.05, 4.69) is 25.8 Å². The Morgan fingerprint density at radius 3 is 2.68 bits per heavy atom. The fraction of sp³-hybridized carbons (Fsp3) is 0.0556. The maximum atomic E-state index is 12.3. The molecule has 0 saturated heterocycles. The second-order valence-electron chi connectivity index (χ2n) is 5.81. The summed E-state index contributed by atoms with van der Waals surface area (Å²) in [4.78, 5) is 16.8. The topological polar surface area (TPSA) is 85.6 Å². The molecule has 0 fully saturated rings. The number of benzene rings is 2. The van der Waals surface area contributed by atoms with Gasteiger partial charge in [0.25, 0.3) is 0 Å². The third-order valence-corrected chi connectivity index (χ3v) is 5.18. The van der Waals surface area contributed by atoms with Gasteiger partial charge in [0.1, 0.15) is 6.33 Å². The standard InChI is InChI=1S/C18H12Cl2N6OS/c19-12-3-6-14(15(20)8-12)16-9-28-18(22-16)23-17(27)7-11-1-4-13(5-2-11)26-10-21-24-25-26/h1-6,8-10H,7H2,(H,22,23,27). The molecule has 1 N–H and O–H groups in total. The lowest BCUT2D eigenvalue weighted by Gasteiger charge is -2.04. The van der Waals surface area contributed by atoms with Gasteiger partial charge in [0.2, 0.25) is 5.91 Å². The van der Waals surface area contributed by atoms with Crippen LogP contribution < -0.4 is 5.32 Å². The summed E-state index contributed by atoms with van der Waals surface area (Å²) in [6, 6.07) is 12.6. The monoisotopic (exact) mass is 430 g/mol. The lowest BCUT2D eigenvalue weighted by Crippen LogP contribution is -2.14. The number of carbonyl (C=O) groups is 1. The van der Waals surface area contributed by atoms with Crippen molar-refractivity contribution in [2.24, 2.45) is 0 Å². The van der Waals surface area contributed by atoms with Gasteiger partial charge in [-0.3, -0.25) is 4.79 Å². The zero-order valence-electron chi connectivity index (χ0n) is 14.2. The Hall–Kier alpha value is -2.81. The van der Waals surface area contributed by atoms with Crippen LogP contribution in [-0.4, -0.2) is 31.1 Å². The van der Waals surface area contributed by atoms with Crippen LogP contribution in [0.15, 0.2) is 54.2 Å². The fourth-order valence-corrected chi connectivity index (χ4v) is 3.78. The van der Waals surface area contributed by atoms with Gasteiger partial charge >= 0.3 is 0 Å². The van der Waals surface area contributed by atoms with Crippen molar-refractivity contribution in [2.75, 3.05) is 5.32 Å². The van der Waals surface area contributed by atoms with Gasteiger partial charge in [-0.15, -0.1) is 16.4 Å². The number of rotatable bonds is 5. The van der Waals surface area contributed by atoms with Crippen LogP contribution in [-0.2, 0) is 11.2 Å². The van der Waals surface area contributed by atoms with E-state index in [0.29, 0.717) is 20.9 Å². The maximum absolute atomic E-state index is 12.3. The van der Waals surface area contributed by atoms with Gasteiger partial charge in [0.15, 0.2) is 5.13 Å². The van der Waals surface area contributed by atoms with E-state index in [0.717, 1.165) is 16.8 Å². The van der Waals surface area contributed by atoms with Crippen molar-refractivity contribution in [3.63, 3.8) is 0 Å². The maximum Gasteiger partial charge on any atom is 0.230 e. The van der Waals surface area contributed by atoms with Crippen molar-refractivity contribution < 1.29 is 4.79 Å². The number of amides is 1. The Balaban J connectivity index is 1.41. The number of nitrogens with zero attached hydrogens (tertiary/aromatic N) is 5. The minimum atomic E-state index is -0.154. The van der Waals surface area contributed by atoms with E-state index in [-0.39, 0.29) is 12.3 Å². The number of nitrogens with one attached hydrogen (secondary N) is 1. The molecule has 0 unspecified atom stereocenters. The van der Waals surface area contributed by atoms with Crippen molar-refractivity contribution in [1.82, 2.24) is 25.2 Å². The molecule has 140 valence electrons. The summed E-state index contributed by atoms with van der Waals surface area (Å²) in [6.45, 7) is 0. The summed E-state index contributed by atoms with van der Waals surface area (Å²) in [6.07, 6.45) is 1.74. The van der Waals surface area contributed by atoms with E-state index >= 15 is 0 Å². The largest absolute Gasteiger partial charge is 0.302 e. The Morgan fingerprint density at radius 1 is 1.14 bits per heavy atom. The molecule has 1 amide bonds. The molecule has 0 aliphatic rings. The number of aromatic nitrogens is 5. The van der Waals surface area contributed by atoms with Gasteiger partial charge in [-0.1, -0.05) is 35.3 Å².